The van der Waals surface area contributed by atoms with Gasteiger partial charge in [0.15, 0.2) is 0 Å². The lowest BCUT2D eigenvalue weighted by Crippen LogP contribution is -2.40. The second-order valence-electron chi connectivity index (χ2n) is 4.00. The molecule has 0 aromatic heterocycles. The van der Waals surface area contributed by atoms with Crippen LogP contribution in [0.3, 0.4) is 0 Å². The van der Waals surface area contributed by atoms with Gasteiger partial charge in [0.05, 0.1) is 11.8 Å². The molecule has 3 atom stereocenters. The fourth-order valence-corrected chi connectivity index (χ4v) is 2.71. The summed E-state index contributed by atoms with van der Waals surface area (Å²) in [4.78, 5) is 23.3. The third kappa shape index (κ3) is 5.23. The van der Waals surface area contributed by atoms with E-state index in [9.17, 15) is 9.59 Å². The van der Waals surface area contributed by atoms with Crippen molar-refractivity contribution in [3.8, 4) is 0 Å². The molecule has 0 aromatic rings. The quantitative estimate of drug-likeness (QED) is 0.457. The number of primary amides is 1. The van der Waals surface area contributed by atoms with Crippen molar-refractivity contribution in [3.63, 3.8) is 0 Å². The molecule has 108 valence electrons. The van der Waals surface area contributed by atoms with Crippen molar-refractivity contribution in [1.29, 1.82) is 0 Å². The minimum atomic E-state index is -1.70. The van der Waals surface area contributed by atoms with Crippen molar-refractivity contribution in [1.82, 2.24) is 4.72 Å². The van der Waals surface area contributed by atoms with Crippen LogP contribution in [0.1, 0.15) is 12.8 Å². The first-order valence-corrected chi connectivity index (χ1v) is 7.79. The van der Waals surface area contributed by atoms with Crippen LogP contribution in [0.4, 0.5) is 0 Å². The van der Waals surface area contributed by atoms with Crippen molar-refractivity contribution in [2.24, 2.45) is 17.6 Å². The minimum absolute atomic E-state index is 0.349. The summed E-state index contributed by atoms with van der Waals surface area (Å²) < 4.78 is -0.142. The summed E-state index contributed by atoms with van der Waals surface area (Å²) in [5.41, 5.74) is 5.27. The van der Waals surface area contributed by atoms with E-state index in [2.05, 4.69) is 4.72 Å². The zero-order valence-electron chi connectivity index (χ0n) is 9.61. The number of hydrogen-bond acceptors (Lipinski definition) is 3. The number of alkyl halides is 4. The van der Waals surface area contributed by atoms with Crippen molar-refractivity contribution < 1.29 is 9.59 Å². The molecular formula is C10H12Cl4N2O2S. The number of hydrogen-bond donors (Lipinski definition) is 2. The average Bonchev–Trinajstić information content (AvgIpc) is 2.34. The van der Waals surface area contributed by atoms with Crippen LogP contribution in [0, 0.1) is 11.8 Å². The average molecular weight is 366 g/mol. The molecule has 0 fully saturated rings. The molecule has 3 N–H and O–H groups in total. The van der Waals surface area contributed by atoms with Gasteiger partial charge in [-0.2, -0.15) is 0 Å². The van der Waals surface area contributed by atoms with Crippen LogP contribution >= 0.6 is 58.4 Å². The van der Waals surface area contributed by atoms with E-state index in [0.29, 0.717) is 12.8 Å². The van der Waals surface area contributed by atoms with Gasteiger partial charge in [0.1, 0.15) is 4.71 Å². The van der Waals surface area contributed by atoms with Gasteiger partial charge in [-0.25, -0.2) is 0 Å². The normalized spacial score (nSPS) is 24.8. The summed E-state index contributed by atoms with van der Waals surface area (Å²) in [5.74, 6) is -1.89. The van der Waals surface area contributed by atoms with Crippen LogP contribution in [0.2, 0.25) is 0 Å². The maximum atomic E-state index is 12.0. The lowest BCUT2D eigenvalue weighted by Gasteiger charge is -2.25. The third-order valence-corrected chi connectivity index (χ3v) is 5.51. The first kappa shape index (κ1) is 17.2. The van der Waals surface area contributed by atoms with E-state index in [1.165, 1.54) is 0 Å². The first-order chi connectivity index (χ1) is 8.73. The molecule has 2 amide bonds. The SMILES string of the molecule is NC(=O)C1CC=CCC1C(=O)NSC(Cl)C(Cl)(Cl)Cl. The Hall–Kier alpha value is 0.190. The van der Waals surface area contributed by atoms with E-state index in [-0.39, 0.29) is 5.91 Å². The summed E-state index contributed by atoms with van der Waals surface area (Å²) in [6, 6.07) is 0. The van der Waals surface area contributed by atoms with Crippen molar-refractivity contribution in [2.75, 3.05) is 0 Å². The molecule has 3 unspecified atom stereocenters. The molecule has 0 radical (unpaired) electrons. The van der Waals surface area contributed by atoms with Crippen molar-refractivity contribution in [3.05, 3.63) is 12.2 Å². The highest BCUT2D eigenvalue weighted by molar-refractivity contribution is 8.00. The van der Waals surface area contributed by atoms with Gasteiger partial charge in [-0.3, -0.25) is 14.3 Å². The van der Waals surface area contributed by atoms with Gasteiger partial charge in [0.25, 0.3) is 0 Å². The lowest BCUT2D eigenvalue weighted by molar-refractivity contribution is -0.132. The Kier molecular flexibility index (Phi) is 6.60. The summed E-state index contributed by atoms with van der Waals surface area (Å²) in [7, 11) is 0. The molecule has 4 nitrogen and oxygen atoms in total. The van der Waals surface area contributed by atoms with Crippen LogP contribution < -0.4 is 10.5 Å². The molecule has 19 heavy (non-hydrogen) atoms. The Labute approximate surface area is 135 Å². The number of halogens is 4. The minimum Gasteiger partial charge on any atom is -0.369 e. The topological polar surface area (TPSA) is 72.2 Å². The number of nitrogens with one attached hydrogen (secondary N) is 1. The fourth-order valence-electron chi connectivity index (χ4n) is 1.67. The maximum Gasteiger partial charge on any atom is 0.234 e. The smallest absolute Gasteiger partial charge is 0.234 e. The Bertz CT molecular complexity index is 386. The molecule has 0 aliphatic heterocycles. The van der Waals surface area contributed by atoms with Gasteiger partial charge < -0.3 is 5.73 Å². The largest absolute Gasteiger partial charge is 0.369 e. The van der Waals surface area contributed by atoms with E-state index in [1.54, 1.807) is 0 Å². The monoisotopic (exact) mass is 364 g/mol. The molecule has 9 heteroatoms. The number of carbonyl (C=O) groups is 2. The maximum absolute atomic E-state index is 12.0. The molecule has 1 aliphatic carbocycles. The fraction of sp³-hybridized carbons (Fsp3) is 0.600. The van der Waals surface area contributed by atoms with E-state index < -0.39 is 26.2 Å². The third-order valence-electron chi connectivity index (χ3n) is 2.65. The zero-order chi connectivity index (χ0) is 14.6. The summed E-state index contributed by atoms with van der Waals surface area (Å²) in [5, 5.41) is 0. The Morgan fingerprint density at radius 1 is 1.26 bits per heavy atom. The van der Waals surface area contributed by atoms with Gasteiger partial charge in [-0.15, -0.1) is 11.6 Å². The van der Waals surface area contributed by atoms with Gasteiger partial charge >= 0.3 is 0 Å². The number of amides is 2. The van der Waals surface area contributed by atoms with Crippen LogP contribution in [0.25, 0.3) is 0 Å². The van der Waals surface area contributed by atoms with E-state index in [0.717, 1.165) is 11.9 Å². The van der Waals surface area contributed by atoms with Crippen LogP contribution in [-0.2, 0) is 9.59 Å². The molecule has 0 aromatic carbocycles. The van der Waals surface area contributed by atoms with Gasteiger partial charge in [0, 0.05) is 0 Å². The highest BCUT2D eigenvalue weighted by atomic mass is 35.6. The van der Waals surface area contributed by atoms with Crippen LogP contribution in [0.5, 0.6) is 0 Å². The Morgan fingerprint density at radius 3 is 2.26 bits per heavy atom. The molecular weight excluding hydrogens is 354 g/mol. The molecule has 0 spiro atoms. The first-order valence-electron chi connectivity index (χ1n) is 5.34. The van der Waals surface area contributed by atoms with E-state index in [1.807, 2.05) is 12.2 Å². The Morgan fingerprint density at radius 2 is 1.79 bits per heavy atom. The predicted octanol–water partition coefficient (Wildman–Crippen LogP) is 2.75. The molecule has 0 saturated carbocycles. The molecule has 0 heterocycles. The van der Waals surface area contributed by atoms with Crippen molar-refractivity contribution in [2.45, 2.75) is 21.3 Å². The van der Waals surface area contributed by atoms with Crippen LogP contribution in [0.15, 0.2) is 12.2 Å². The number of allylic oxidation sites excluding steroid dienone is 2. The standard InChI is InChI=1S/C10H12Cl4N2O2S/c11-9(10(12,13)14)19-16-8(18)6-4-2-1-3-5(6)7(15)17/h1-2,5-6,9H,3-4H2,(H2,15,17)(H,16,18). The second kappa shape index (κ2) is 7.27. The number of nitrogens with two attached hydrogens (primary N) is 1. The second-order valence-corrected chi connectivity index (χ2v) is 7.98. The van der Waals surface area contributed by atoms with Gasteiger partial charge in [-0.1, -0.05) is 47.0 Å². The van der Waals surface area contributed by atoms with Crippen molar-refractivity contribution >= 4 is 70.2 Å². The highest BCUT2D eigenvalue weighted by Crippen LogP contribution is 2.39. The summed E-state index contributed by atoms with van der Waals surface area (Å²) in [6.07, 6.45) is 4.56. The van der Waals surface area contributed by atoms with E-state index >= 15 is 0 Å². The lowest BCUT2D eigenvalue weighted by atomic mass is 9.82. The van der Waals surface area contributed by atoms with Gasteiger partial charge in [0.2, 0.25) is 15.6 Å². The molecule has 0 saturated heterocycles. The van der Waals surface area contributed by atoms with Crippen LogP contribution in [-0.4, -0.2) is 20.3 Å². The number of rotatable bonds is 4. The summed E-state index contributed by atoms with van der Waals surface area (Å²) >= 11 is 23.3. The van der Waals surface area contributed by atoms with E-state index in [4.69, 9.17) is 52.1 Å². The highest BCUT2D eigenvalue weighted by Gasteiger charge is 2.35. The zero-order valence-corrected chi connectivity index (χ0v) is 13.5. The molecule has 1 aliphatic rings. The molecule has 1 rings (SSSR count). The predicted molar refractivity (Wildman–Crippen MR) is 80.2 cm³/mol. The van der Waals surface area contributed by atoms with Gasteiger partial charge in [-0.05, 0) is 24.8 Å². The summed E-state index contributed by atoms with van der Waals surface area (Å²) in [6.45, 7) is 0. The number of carbonyl (C=O) groups excluding carboxylic acids is 2. The Balaban J connectivity index is 2.57. The molecule has 0 bridgehead atoms.